The molecular weight excluding hydrogens is 306 g/mol. The molecule has 122 valence electrons. The van der Waals surface area contributed by atoms with Crippen molar-refractivity contribution in [2.75, 3.05) is 30.8 Å². The van der Waals surface area contributed by atoms with Crippen molar-refractivity contribution in [3.05, 3.63) is 18.3 Å². The van der Waals surface area contributed by atoms with Gasteiger partial charge in [-0.05, 0) is 12.1 Å². The van der Waals surface area contributed by atoms with Crippen LogP contribution in [-0.2, 0) is 14.6 Å². The molecule has 0 saturated carbocycles. The first-order valence-electron chi connectivity index (χ1n) is 7.20. The number of amides is 1. The Balaban J connectivity index is 2.26. The number of rotatable bonds is 5. The van der Waals surface area contributed by atoms with Gasteiger partial charge in [-0.3, -0.25) is 4.79 Å². The summed E-state index contributed by atoms with van der Waals surface area (Å²) in [5, 5.41) is 12.6. The standard InChI is InChI=1S/C14H21N3O4S/c1-3-22(20,21)12-5-4-6-16-14(12)17-8-10(11(18)9-17)7-13(19)15-2/h4-6,10-11,18H,3,7-9H2,1-2H3,(H,15,19)/t10-,11-/m1/s1. The zero-order valence-electron chi connectivity index (χ0n) is 12.7. The fourth-order valence-corrected chi connectivity index (χ4v) is 3.64. The molecule has 2 N–H and O–H groups in total. The molecule has 0 bridgehead atoms. The van der Waals surface area contributed by atoms with Crippen molar-refractivity contribution in [2.24, 2.45) is 5.92 Å². The van der Waals surface area contributed by atoms with Crippen LogP contribution in [-0.4, -0.2) is 56.4 Å². The van der Waals surface area contributed by atoms with Gasteiger partial charge in [-0.1, -0.05) is 6.92 Å². The van der Waals surface area contributed by atoms with Gasteiger partial charge < -0.3 is 15.3 Å². The minimum atomic E-state index is -3.39. The third-order valence-corrected chi connectivity index (χ3v) is 5.65. The molecule has 1 aliphatic heterocycles. The molecule has 1 aromatic heterocycles. The van der Waals surface area contributed by atoms with E-state index in [9.17, 15) is 18.3 Å². The molecule has 0 aromatic carbocycles. The van der Waals surface area contributed by atoms with Gasteiger partial charge in [-0.25, -0.2) is 13.4 Å². The molecule has 1 amide bonds. The van der Waals surface area contributed by atoms with E-state index in [4.69, 9.17) is 0 Å². The first kappa shape index (κ1) is 16.7. The molecule has 1 saturated heterocycles. The number of hydrogen-bond acceptors (Lipinski definition) is 6. The number of aliphatic hydroxyl groups excluding tert-OH is 1. The minimum absolute atomic E-state index is 0.0102. The molecule has 0 radical (unpaired) electrons. The van der Waals surface area contributed by atoms with Crippen LogP contribution in [0.25, 0.3) is 0 Å². The first-order chi connectivity index (χ1) is 10.4. The van der Waals surface area contributed by atoms with E-state index >= 15 is 0 Å². The Morgan fingerprint density at radius 2 is 2.23 bits per heavy atom. The summed E-state index contributed by atoms with van der Waals surface area (Å²) in [6.07, 6.45) is 1.05. The maximum absolute atomic E-state index is 12.2. The average Bonchev–Trinajstić information content (AvgIpc) is 2.88. The topological polar surface area (TPSA) is 99.6 Å². The Bertz CT molecular complexity index is 647. The average molecular weight is 327 g/mol. The highest BCUT2D eigenvalue weighted by molar-refractivity contribution is 7.91. The van der Waals surface area contributed by atoms with Crippen molar-refractivity contribution in [1.82, 2.24) is 10.3 Å². The second kappa shape index (κ2) is 6.62. The lowest BCUT2D eigenvalue weighted by Gasteiger charge is -2.20. The Morgan fingerprint density at radius 1 is 1.50 bits per heavy atom. The number of hydrogen-bond donors (Lipinski definition) is 2. The van der Waals surface area contributed by atoms with E-state index in [2.05, 4.69) is 10.3 Å². The second-order valence-corrected chi connectivity index (χ2v) is 7.58. The Hall–Kier alpha value is -1.67. The zero-order chi connectivity index (χ0) is 16.3. The molecule has 22 heavy (non-hydrogen) atoms. The molecule has 1 aromatic rings. The van der Waals surface area contributed by atoms with Crippen LogP contribution in [0.1, 0.15) is 13.3 Å². The first-order valence-corrected chi connectivity index (χ1v) is 8.85. The maximum Gasteiger partial charge on any atom is 0.220 e. The molecule has 1 fully saturated rings. The van der Waals surface area contributed by atoms with Crippen LogP contribution in [0.5, 0.6) is 0 Å². The maximum atomic E-state index is 12.2. The van der Waals surface area contributed by atoms with Gasteiger partial charge >= 0.3 is 0 Å². The van der Waals surface area contributed by atoms with E-state index in [-0.39, 0.29) is 35.4 Å². The molecule has 2 atom stereocenters. The lowest BCUT2D eigenvalue weighted by atomic mass is 10.0. The molecule has 7 nitrogen and oxygen atoms in total. The summed E-state index contributed by atoms with van der Waals surface area (Å²) < 4.78 is 24.3. The number of nitrogens with one attached hydrogen (secondary N) is 1. The molecule has 2 heterocycles. The lowest BCUT2D eigenvalue weighted by Crippen LogP contribution is -2.27. The number of aliphatic hydroxyl groups is 1. The predicted molar refractivity (Wildman–Crippen MR) is 82.4 cm³/mol. The monoisotopic (exact) mass is 327 g/mol. The van der Waals surface area contributed by atoms with Crippen LogP contribution in [0.3, 0.4) is 0 Å². The molecule has 0 spiro atoms. The van der Waals surface area contributed by atoms with Crippen LogP contribution in [0, 0.1) is 5.92 Å². The van der Waals surface area contributed by atoms with Gasteiger partial charge in [0, 0.05) is 38.7 Å². The Morgan fingerprint density at radius 3 is 2.86 bits per heavy atom. The zero-order valence-corrected chi connectivity index (χ0v) is 13.5. The summed E-state index contributed by atoms with van der Waals surface area (Å²) in [4.78, 5) is 17.6. The van der Waals surface area contributed by atoms with Gasteiger partial charge in [0.15, 0.2) is 9.84 Å². The highest BCUT2D eigenvalue weighted by Gasteiger charge is 2.35. The van der Waals surface area contributed by atoms with E-state index < -0.39 is 15.9 Å². The van der Waals surface area contributed by atoms with Crippen LogP contribution in [0.2, 0.25) is 0 Å². The van der Waals surface area contributed by atoms with E-state index in [1.807, 2.05) is 0 Å². The van der Waals surface area contributed by atoms with E-state index in [1.54, 1.807) is 24.9 Å². The van der Waals surface area contributed by atoms with E-state index in [0.717, 1.165) is 0 Å². The number of nitrogens with zero attached hydrogens (tertiary/aromatic N) is 2. The summed E-state index contributed by atoms with van der Waals surface area (Å²) in [6.45, 7) is 2.25. The predicted octanol–water partition coefficient (Wildman–Crippen LogP) is -0.192. The van der Waals surface area contributed by atoms with Gasteiger partial charge in [-0.2, -0.15) is 0 Å². The SMILES string of the molecule is CCS(=O)(=O)c1cccnc1N1C[C@@H](CC(=O)NC)[C@H](O)C1. The molecule has 8 heteroatoms. The summed E-state index contributed by atoms with van der Waals surface area (Å²) >= 11 is 0. The summed E-state index contributed by atoms with van der Waals surface area (Å²) in [7, 11) is -1.85. The van der Waals surface area contributed by atoms with Crippen molar-refractivity contribution < 1.29 is 18.3 Å². The van der Waals surface area contributed by atoms with Gasteiger partial charge in [0.1, 0.15) is 10.7 Å². The third-order valence-electron chi connectivity index (χ3n) is 3.90. The fourth-order valence-electron chi connectivity index (χ4n) is 2.59. The number of pyridine rings is 1. The summed E-state index contributed by atoms with van der Waals surface area (Å²) in [5.41, 5.74) is 0. The van der Waals surface area contributed by atoms with Gasteiger partial charge in [0.05, 0.1) is 11.9 Å². The summed E-state index contributed by atoms with van der Waals surface area (Å²) in [5.74, 6) is -0.0423. The second-order valence-electron chi connectivity index (χ2n) is 5.34. The highest BCUT2D eigenvalue weighted by Crippen LogP contribution is 2.29. The normalized spacial score (nSPS) is 21.9. The number of carbonyl (C=O) groups is 1. The highest BCUT2D eigenvalue weighted by atomic mass is 32.2. The lowest BCUT2D eigenvalue weighted by molar-refractivity contribution is -0.122. The molecule has 1 aliphatic rings. The quantitative estimate of drug-likeness (QED) is 0.777. The molecule has 2 rings (SSSR count). The van der Waals surface area contributed by atoms with Crippen molar-refractivity contribution in [3.63, 3.8) is 0 Å². The van der Waals surface area contributed by atoms with Crippen LogP contribution in [0.15, 0.2) is 23.2 Å². The summed E-state index contributed by atoms with van der Waals surface area (Å²) in [6, 6.07) is 3.11. The number of anilines is 1. The number of β-amino-alcohol motifs (C(OH)–C–C–N with tert-alkyl or cyclic N) is 1. The van der Waals surface area contributed by atoms with Crippen molar-refractivity contribution >= 4 is 21.6 Å². The van der Waals surface area contributed by atoms with Crippen molar-refractivity contribution in [3.8, 4) is 0 Å². The number of carbonyl (C=O) groups excluding carboxylic acids is 1. The molecule has 0 aliphatic carbocycles. The van der Waals surface area contributed by atoms with Crippen molar-refractivity contribution in [2.45, 2.75) is 24.3 Å². The third kappa shape index (κ3) is 3.38. The molecule has 0 unspecified atom stereocenters. The Labute approximate surface area is 130 Å². The molecular formula is C14H21N3O4S. The van der Waals surface area contributed by atoms with Gasteiger partial charge in [-0.15, -0.1) is 0 Å². The largest absolute Gasteiger partial charge is 0.391 e. The van der Waals surface area contributed by atoms with Gasteiger partial charge in [0.2, 0.25) is 5.91 Å². The van der Waals surface area contributed by atoms with E-state index in [0.29, 0.717) is 12.4 Å². The van der Waals surface area contributed by atoms with Crippen LogP contribution >= 0.6 is 0 Å². The van der Waals surface area contributed by atoms with Gasteiger partial charge in [0.25, 0.3) is 0 Å². The number of aromatic nitrogens is 1. The fraction of sp³-hybridized carbons (Fsp3) is 0.571. The van der Waals surface area contributed by atoms with Crippen LogP contribution < -0.4 is 10.2 Å². The van der Waals surface area contributed by atoms with Crippen molar-refractivity contribution in [1.29, 1.82) is 0 Å². The smallest absolute Gasteiger partial charge is 0.220 e. The van der Waals surface area contributed by atoms with E-state index in [1.165, 1.54) is 12.3 Å². The van der Waals surface area contributed by atoms with Crippen LogP contribution in [0.4, 0.5) is 5.82 Å². The Kier molecular flexibility index (Phi) is 5.02. The number of sulfone groups is 1. The minimum Gasteiger partial charge on any atom is -0.391 e.